The number of urea groups is 1. The number of rotatable bonds is 4. The molecule has 0 bridgehead atoms. The van der Waals surface area contributed by atoms with Crippen molar-refractivity contribution in [1.29, 1.82) is 0 Å². The fourth-order valence-electron chi connectivity index (χ4n) is 5.54. The number of imide groups is 1. The predicted molar refractivity (Wildman–Crippen MR) is 144 cm³/mol. The molecule has 2 aliphatic heterocycles. The summed E-state index contributed by atoms with van der Waals surface area (Å²) < 4.78 is 0. The molecule has 4 aromatic rings. The lowest BCUT2D eigenvalue weighted by Crippen LogP contribution is -2.49. The van der Waals surface area contributed by atoms with Crippen molar-refractivity contribution in [2.24, 2.45) is 0 Å². The predicted octanol–water partition coefficient (Wildman–Crippen LogP) is 5.78. The normalized spacial score (nSPS) is 18.9. The summed E-state index contributed by atoms with van der Waals surface area (Å²) in [5.41, 5.74) is 4.52. The molecular weight excluding hydrogens is 464 g/mol. The van der Waals surface area contributed by atoms with Gasteiger partial charge in [0.15, 0.2) is 5.54 Å². The third-order valence-corrected chi connectivity index (χ3v) is 7.69. The molecule has 0 saturated carbocycles. The van der Waals surface area contributed by atoms with Gasteiger partial charge in [-0.3, -0.25) is 9.59 Å². The number of nitrogens with one attached hydrogen (secondary N) is 2. The van der Waals surface area contributed by atoms with E-state index in [0.717, 1.165) is 22.2 Å². The molecule has 4 amide bonds. The zero-order chi connectivity index (χ0) is 25.9. The van der Waals surface area contributed by atoms with E-state index in [2.05, 4.69) is 24.1 Å². The van der Waals surface area contributed by atoms with Crippen LogP contribution >= 0.6 is 0 Å². The van der Waals surface area contributed by atoms with Gasteiger partial charge < -0.3 is 15.2 Å². The first-order chi connectivity index (χ1) is 17.8. The average Bonchev–Trinajstić information content (AvgIpc) is 3.38. The van der Waals surface area contributed by atoms with Crippen molar-refractivity contribution in [2.75, 3.05) is 16.8 Å². The molecule has 186 valence electrons. The minimum absolute atomic E-state index is 0.255. The van der Waals surface area contributed by atoms with E-state index in [1.807, 2.05) is 55.5 Å². The second kappa shape index (κ2) is 8.34. The first-order valence-corrected chi connectivity index (χ1v) is 12.6. The van der Waals surface area contributed by atoms with E-state index in [1.54, 1.807) is 29.2 Å². The summed E-state index contributed by atoms with van der Waals surface area (Å²) in [5, 5.41) is 3.99. The molecular formula is C30H28N4O3. The van der Waals surface area contributed by atoms with Gasteiger partial charge in [-0.05, 0) is 72.9 Å². The summed E-state index contributed by atoms with van der Waals surface area (Å²) in [6.45, 7) is 6.52. The van der Waals surface area contributed by atoms with Crippen LogP contribution in [0.2, 0.25) is 0 Å². The number of aromatic nitrogens is 1. The molecule has 2 N–H and O–H groups in total. The number of anilines is 2. The molecule has 7 heteroatoms. The Morgan fingerprint density at radius 2 is 1.68 bits per heavy atom. The average molecular weight is 493 g/mol. The van der Waals surface area contributed by atoms with Gasteiger partial charge in [-0.25, -0.2) is 9.69 Å². The first kappa shape index (κ1) is 23.0. The summed E-state index contributed by atoms with van der Waals surface area (Å²) in [6.07, 6.45) is 0.680. The number of benzene rings is 3. The fraction of sp³-hybridized carbons (Fsp3) is 0.233. The van der Waals surface area contributed by atoms with Crippen LogP contribution in [0.3, 0.4) is 0 Å². The van der Waals surface area contributed by atoms with Crippen molar-refractivity contribution in [3.63, 3.8) is 0 Å². The third kappa shape index (κ3) is 3.45. The molecule has 0 aliphatic carbocycles. The molecule has 3 heterocycles. The number of carbonyl (C=O) groups is 3. The van der Waals surface area contributed by atoms with Crippen LogP contribution in [-0.4, -0.2) is 34.3 Å². The Morgan fingerprint density at radius 1 is 0.973 bits per heavy atom. The Labute approximate surface area is 215 Å². The van der Waals surface area contributed by atoms with Gasteiger partial charge in [0.25, 0.3) is 11.8 Å². The summed E-state index contributed by atoms with van der Waals surface area (Å²) in [7, 11) is 0. The molecule has 0 unspecified atom stereocenters. The van der Waals surface area contributed by atoms with Crippen LogP contribution < -0.4 is 10.2 Å². The molecule has 1 aromatic heterocycles. The van der Waals surface area contributed by atoms with E-state index >= 15 is 0 Å². The topological polar surface area (TPSA) is 85.5 Å². The number of hydrogen-bond acceptors (Lipinski definition) is 3. The molecule has 1 fully saturated rings. The van der Waals surface area contributed by atoms with Crippen LogP contribution in [0.4, 0.5) is 16.2 Å². The maximum absolute atomic E-state index is 13.8. The van der Waals surface area contributed by atoms with E-state index in [1.165, 1.54) is 10.5 Å². The molecule has 7 nitrogen and oxygen atoms in total. The molecule has 37 heavy (non-hydrogen) atoms. The number of nitrogens with zero attached hydrogens (tertiary/aromatic N) is 2. The van der Waals surface area contributed by atoms with Crippen LogP contribution in [-0.2, 0) is 16.8 Å². The van der Waals surface area contributed by atoms with Crippen LogP contribution in [0.25, 0.3) is 10.9 Å². The molecule has 0 radical (unpaired) electrons. The molecule has 3 aromatic carbocycles. The Kier molecular flexibility index (Phi) is 5.19. The Hall–Kier alpha value is -4.39. The SMILES string of the molecule is CC(C)c1ccc(NC(=O)c2ccc(N3C(=O)N4CCc5c([nH]c6ccccc56)[C@@]4(C)C3=O)cc2)cc1. The number of hydrogen-bond donors (Lipinski definition) is 2. The maximum atomic E-state index is 13.8. The smallest absolute Gasteiger partial charge is 0.332 e. The monoisotopic (exact) mass is 492 g/mol. The molecule has 0 spiro atoms. The lowest BCUT2D eigenvalue weighted by atomic mass is 9.87. The van der Waals surface area contributed by atoms with Crippen molar-refractivity contribution in [1.82, 2.24) is 9.88 Å². The number of para-hydroxylation sites is 1. The Balaban J connectivity index is 1.26. The van der Waals surface area contributed by atoms with Gasteiger partial charge in [-0.15, -0.1) is 0 Å². The minimum Gasteiger partial charge on any atom is -0.356 e. The Bertz CT molecular complexity index is 1550. The second-order valence-corrected chi connectivity index (χ2v) is 10.2. The van der Waals surface area contributed by atoms with Gasteiger partial charge >= 0.3 is 6.03 Å². The van der Waals surface area contributed by atoms with E-state index in [9.17, 15) is 14.4 Å². The van der Waals surface area contributed by atoms with Crippen molar-refractivity contribution >= 4 is 40.1 Å². The van der Waals surface area contributed by atoms with Gasteiger partial charge in [0.2, 0.25) is 0 Å². The van der Waals surface area contributed by atoms with E-state index in [0.29, 0.717) is 35.8 Å². The highest BCUT2D eigenvalue weighted by Crippen LogP contribution is 2.45. The van der Waals surface area contributed by atoms with Crippen LogP contribution in [0.5, 0.6) is 0 Å². The van der Waals surface area contributed by atoms with E-state index in [-0.39, 0.29) is 17.8 Å². The largest absolute Gasteiger partial charge is 0.356 e. The summed E-state index contributed by atoms with van der Waals surface area (Å²) >= 11 is 0. The van der Waals surface area contributed by atoms with Crippen molar-refractivity contribution < 1.29 is 14.4 Å². The molecule has 6 rings (SSSR count). The molecule has 2 aliphatic rings. The lowest BCUT2D eigenvalue weighted by molar-refractivity contribution is -0.125. The number of amides is 4. The van der Waals surface area contributed by atoms with Gasteiger partial charge in [-0.1, -0.05) is 44.2 Å². The van der Waals surface area contributed by atoms with Crippen molar-refractivity contribution in [3.05, 3.63) is 95.2 Å². The quantitative estimate of drug-likeness (QED) is 0.354. The van der Waals surface area contributed by atoms with Gasteiger partial charge in [0.05, 0.1) is 11.4 Å². The minimum atomic E-state index is -1.11. The highest BCUT2D eigenvalue weighted by Gasteiger charge is 2.59. The van der Waals surface area contributed by atoms with Crippen LogP contribution in [0.15, 0.2) is 72.8 Å². The number of fused-ring (bicyclic) bond motifs is 5. The summed E-state index contributed by atoms with van der Waals surface area (Å²) in [5.74, 6) is -0.138. The highest BCUT2D eigenvalue weighted by molar-refractivity contribution is 6.23. The number of H-pyrrole nitrogens is 1. The standard InChI is InChI=1S/C30H28N4O3/c1-18(2)19-8-12-21(13-9-19)31-27(35)20-10-14-22(15-11-20)34-28(36)30(3)26-24(16-17-33(30)29(34)37)23-6-4-5-7-25(23)32-26/h4-15,18,32H,16-17H2,1-3H3,(H,31,35)/t30-/m0/s1. The summed E-state index contributed by atoms with van der Waals surface area (Å²) in [4.78, 5) is 46.4. The van der Waals surface area contributed by atoms with Crippen LogP contribution in [0.1, 0.15) is 53.9 Å². The van der Waals surface area contributed by atoms with Crippen LogP contribution in [0, 0.1) is 0 Å². The summed E-state index contributed by atoms with van der Waals surface area (Å²) in [6, 6.07) is 22.0. The van der Waals surface area contributed by atoms with E-state index in [4.69, 9.17) is 0 Å². The lowest BCUT2D eigenvalue weighted by Gasteiger charge is -2.35. The van der Waals surface area contributed by atoms with E-state index < -0.39 is 5.54 Å². The fourth-order valence-corrected chi connectivity index (χ4v) is 5.54. The molecule has 1 saturated heterocycles. The number of aromatic amines is 1. The third-order valence-electron chi connectivity index (χ3n) is 7.69. The first-order valence-electron chi connectivity index (χ1n) is 12.6. The van der Waals surface area contributed by atoms with Gasteiger partial charge in [0.1, 0.15) is 0 Å². The zero-order valence-corrected chi connectivity index (χ0v) is 21.0. The molecule has 1 atom stereocenters. The zero-order valence-electron chi connectivity index (χ0n) is 21.0. The highest BCUT2D eigenvalue weighted by atomic mass is 16.2. The van der Waals surface area contributed by atoms with Gasteiger partial charge in [0, 0.05) is 28.7 Å². The van der Waals surface area contributed by atoms with Crippen molar-refractivity contribution in [2.45, 2.75) is 38.6 Å². The Morgan fingerprint density at radius 3 is 2.38 bits per heavy atom. The number of carbonyl (C=O) groups excluding carboxylic acids is 3. The van der Waals surface area contributed by atoms with Gasteiger partial charge in [-0.2, -0.15) is 0 Å². The maximum Gasteiger partial charge on any atom is 0.332 e. The van der Waals surface area contributed by atoms with Crippen molar-refractivity contribution in [3.8, 4) is 0 Å². The second-order valence-electron chi connectivity index (χ2n) is 10.2.